The minimum Gasteiger partial charge on any atom is -0.506 e. The van der Waals surface area contributed by atoms with Crippen molar-refractivity contribution in [2.75, 3.05) is 0 Å². The third kappa shape index (κ3) is 1.69. The Morgan fingerprint density at radius 2 is 2.20 bits per heavy atom. The molecule has 78 valence electrons. The molecule has 0 aromatic heterocycles. The lowest BCUT2D eigenvalue weighted by Gasteiger charge is -2.31. The van der Waals surface area contributed by atoms with Crippen molar-refractivity contribution >= 4 is 0 Å². The van der Waals surface area contributed by atoms with E-state index < -0.39 is 0 Å². The summed E-state index contributed by atoms with van der Waals surface area (Å²) in [6, 6.07) is 7.01. The van der Waals surface area contributed by atoms with E-state index in [1.54, 1.807) is 18.2 Å². The van der Waals surface area contributed by atoms with E-state index in [1.807, 2.05) is 6.07 Å². The number of phenolic OH excluding ortho intramolecular Hbond substituents is 1. The van der Waals surface area contributed by atoms with Crippen LogP contribution in [-0.2, 0) is 0 Å². The molecule has 3 heteroatoms. The van der Waals surface area contributed by atoms with Crippen LogP contribution in [0.4, 0.5) is 0 Å². The van der Waals surface area contributed by atoms with Crippen molar-refractivity contribution in [2.45, 2.75) is 25.3 Å². The van der Waals surface area contributed by atoms with Gasteiger partial charge >= 0.3 is 0 Å². The van der Waals surface area contributed by atoms with Gasteiger partial charge in [0.1, 0.15) is 11.8 Å². The second kappa shape index (κ2) is 3.92. The fourth-order valence-corrected chi connectivity index (χ4v) is 1.97. The van der Waals surface area contributed by atoms with Crippen LogP contribution in [-0.4, -0.2) is 5.11 Å². The minimum absolute atomic E-state index is 0.0550. The summed E-state index contributed by atoms with van der Waals surface area (Å²) in [6.07, 6.45) is 3.46. The standard InChI is InChI=1S/C12H14N2O/c13-7-9-5-2-6-10(12(9)15)11(14)8-3-1-4-8/h2,5-6,8,11,15H,1,3-4,14H2/t11-/m0/s1. The van der Waals surface area contributed by atoms with Gasteiger partial charge in [0.2, 0.25) is 0 Å². The van der Waals surface area contributed by atoms with E-state index in [4.69, 9.17) is 11.0 Å². The summed E-state index contributed by atoms with van der Waals surface area (Å²) >= 11 is 0. The predicted molar refractivity (Wildman–Crippen MR) is 57.1 cm³/mol. The molecule has 3 nitrogen and oxygen atoms in total. The lowest BCUT2D eigenvalue weighted by atomic mass is 9.77. The summed E-state index contributed by atoms with van der Waals surface area (Å²) < 4.78 is 0. The second-order valence-electron chi connectivity index (χ2n) is 4.07. The molecule has 1 fully saturated rings. The maximum absolute atomic E-state index is 9.83. The van der Waals surface area contributed by atoms with Gasteiger partial charge in [0.25, 0.3) is 0 Å². The number of phenols is 1. The Kier molecular flexibility index (Phi) is 2.61. The van der Waals surface area contributed by atoms with Crippen LogP contribution in [0.3, 0.4) is 0 Å². The topological polar surface area (TPSA) is 70.0 Å². The Bertz CT molecular complexity index is 405. The van der Waals surface area contributed by atoms with Crippen LogP contribution in [0.5, 0.6) is 5.75 Å². The van der Waals surface area contributed by atoms with Crippen LogP contribution in [0, 0.1) is 17.2 Å². The average Bonchev–Trinajstić information content (AvgIpc) is 2.15. The molecule has 0 amide bonds. The molecule has 0 spiro atoms. The van der Waals surface area contributed by atoms with Crippen LogP contribution < -0.4 is 5.73 Å². The second-order valence-corrected chi connectivity index (χ2v) is 4.07. The van der Waals surface area contributed by atoms with Gasteiger partial charge < -0.3 is 10.8 Å². The lowest BCUT2D eigenvalue weighted by Crippen LogP contribution is -2.26. The summed E-state index contributed by atoms with van der Waals surface area (Å²) in [6.45, 7) is 0. The van der Waals surface area contributed by atoms with Gasteiger partial charge in [-0.1, -0.05) is 18.6 Å². The van der Waals surface area contributed by atoms with E-state index in [0.717, 1.165) is 12.8 Å². The van der Waals surface area contributed by atoms with E-state index in [2.05, 4.69) is 0 Å². The minimum atomic E-state index is -0.132. The van der Waals surface area contributed by atoms with Crippen LogP contribution >= 0.6 is 0 Å². The molecular formula is C12H14N2O. The zero-order valence-electron chi connectivity index (χ0n) is 8.48. The SMILES string of the molecule is N#Cc1cccc([C@@H](N)C2CCC2)c1O. The quantitative estimate of drug-likeness (QED) is 0.771. The lowest BCUT2D eigenvalue weighted by molar-refractivity contribution is 0.260. The van der Waals surface area contributed by atoms with Crippen molar-refractivity contribution in [2.24, 2.45) is 11.7 Å². The Labute approximate surface area is 89.1 Å². The largest absolute Gasteiger partial charge is 0.506 e. The third-order valence-corrected chi connectivity index (χ3v) is 3.20. The van der Waals surface area contributed by atoms with E-state index >= 15 is 0 Å². The Balaban J connectivity index is 2.31. The first-order valence-electron chi connectivity index (χ1n) is 5.21. The number of nitriles is 1. The number of aromatic hydroxyl groups is 1. The van der Waals surface area contributed by atoms with Gasteiger partial charge in [0.05, 0.1) is 5.56 Å². The Hall–Kier alpha value is -1.53. The molecular weight excluding hydrogens is 188 g/mol. The van der Waals surface area contributed by atoms with Gasteiger partial charge in [-0.3, -0.25) is 0 Å². The molecule has 2 rings (SSSR count). The molecule has 1 saturated carbocycles. The van der Waals surface area contributed by atoms with Gasteiger partial charge in [0.15, 0.2) is 0 Å². The first kappa shape index (κ1) is 10.0. The van der Waals surface area contributed by atoms with Crippen LogP contribution in [0.2, 0.25) is 0 Å². The zero-order chi connectivity index (χ0) is 10.8. The Morgan fingerprint density at radius 1 is 1.47 bits per heavy atom. The molecule has 0 aliphatic heterocycles. The molecule has 0 unspecified atom stereocenters. The van der Waals surface area contributed by atoms with Crippen molar-refractivity contribution < 1.29 is 5.11 Å². The molecule has 1 aliphatic carbocycles. The number of nitrogens with two attached hydrogens (primary N) is 1. The van der Waals surface area contributed by atoms with Gasteiger partial charge in [-0.25, -0.2) is 0 Å². The number of hydrogen-bond acceptors (Lipinski definition) is 3. The number of rotatable bonds is 2. The highest BCUT2D eigenvalue weighted by Crippen LogP contribution is 2.39. The van der Waals surface area contributed by atoms with Crippen LogP contribution in [0.15, 0.2) is 18.2 Å². The highest BCUT2D eigenvalue weighted by Gasteiger charge is 2.27. The summed E-state index contributed by atoms with van der Waals surface area (Å²) in [5.41, 5.74) is 7.07. The fourth-order valence-electron chi connectivity index (χ4n) is 1.97. The summed E-state index contributed by atoms with van der Waals surface area (Å²) in [5, 5.41) is 18.6. The van der Waals surface area contributed by atoms with Crippen molar-refractivity contribution in [1.29, 1.82) is 5.26 Å². The maximum Gasteiger partial charge on any atom is 0.138 e. The molecule has 1 aromatic carbocycles. The molecule has 1 atom stereocenters. The molecule has 1 aliphatic rings. The highest BCUT2D eigenvalue weighted by atomic mass is 16.3. The fraction of sp³-hybridized carbons (Fsp3) is 0.417. The Morgan fingerprint density at radius 3 is 2.73 bits per heavy atom. The molecule has 0 bridgehead atoms. The number of para-hydroxylation sites is 1. The number of nitrogens with zero attached hydrogens (tertiary/aromatic N) is 1. The maximum atomic E-state index is 9.83. The third-order valence-electron chi connectivity index (χ3n) is 3.20. The average molecular weight is 202 g/mol. The zero-order valence-corrected chi connectivity index (χ0v) is 8.48. The van der Waals surface area contributed by atoms with Crippen molar-refractivity contribution in [3.8, 4) is 11.8 Å². The number of hydrogen-bond donors (Lipinski definition) is 2. The van der Waals surface area contributed by atoms with E-state index in [1.165, 1.54) is 6.42 Å². The van der Waals surface area contributed by atoms with E-state index in [-0.39, 0.29) is 11.8 Å². The number of benzene rings is 1. The molecule has 15 heavy (non-hydrogen) atoms. The first-order valence-corrected chi connectivity index (χ1v) is 5.21. The van der Waals surface area contributed by atoms with Crippen molar-refractivity contribution in [3.63, 3.8) is 0 Å². The van der Waals surface area contributed by atoms with E-state index in [9.17, 15) is 5.11 Å². The molecule has 0 heterocycles. The van der Waals surface area contributed by atoms with Gasteiger partial charge in [-0.15, -0.1) is 0 Å². The summed E-state index contributed by atoms with van der Waals surface area (Å²) in [7, 11) is 0. The van der Waals surface area contributed by atoms with Gasteiger partial charge in [-0.05, 0) is 24.8 Å². The van der Waals surface area contributed by atoms with E-state index in [0.29, 0.717) is 17.0 Å². The monoisotopic (exact) mass is 202 g/mol. The molecule has 0 saturated heterocycles. The summed E-state index contributed by atoms with van der Waals surface area (Å²) in [4.78, 5) is 0. The smallest absolute Gasteiger partial charge is 0.138 e. The molecule has 0 radical (unpaired) electrons. The van der Waals surface area contributed by atoms with Gasteiger partial charge in [0, 0.05) is 11.6 Å². The van der Waals surface area contributed by atoms with Crippen molar-refractivity contribution in [3.05, 3.63) is 29.3 Å². The first-order chi connectivity index (χ1) is 7.24. The molecule has 3 N–H and O–H groups in total. The van der Waals surface area contributed by atoms with Gasteiger partial charge in [-0.2, -0.15) is 5.26 Å². The molecule has 1 aromatic rings. The van der Waals surface area contributed by atoms with Crippen LogP contribution in [0.25, 0.3) is 0 Å². The predicted octanol–water partition coefficient (Wildman–Crippen LogP) is 2.06. The normalized spacial score (nSPS) is 17.9. The van der Waals surface area contributed by atoms with Crippen molar-refractivity contribution in [1.82, 2.24) is 0 Å². The summed E-state index contributed by atoms with van der Waals surface area (Å²) in [5.74, 6) is 0.518. The van der Waals surface area contributed by atoms with Crippen LogP contribution in [0.1, 0.15) is 36.4 Å². The highest BCUT2D eigenvalue weighted by molar-refractivity contribution is 5.48.